The van der Waals surface area contributed by atoms with E-state index in [0.717, 1.165) is 25.0 Å². The van der Waals surface area contributed by atoms with Gasteiger partial charge in [-0.05, 0) is 24.5 Å². The summed E-state index contributed by atoms with van der Waals surface area (Å²) in [7, 11) is 0. The van der Waals surface area contributed by atoms with E-state index in [1.54, 1.807) is 0 Å². The minimum Gasteiger partial charge on any atom is -0.490 e. The number of hydrogen-bond acceptors (Lipinski definition) is 1. The maximum Gasteiger partial charge on any atom is 0.122 e. The second-order valence-electron chi connectivity index (χ2n) is 3.41. The molecular weight excluding hydrogens is 160 g/mol. The zero-order valence-electron chi connectivity index (χ0n) is 7.70. The van der Waals surface area contributed by atoms with E-state index in [0.29, 0.717) is 6.10 Å². The van der Waals surface area contributed by atoms with Gasteiger partial charge >= 0.3 is 0 Å². The van der Waals surface area contributed by atoms with Gasteiger partial charge in [0, 0.05) is 6.42 Å². The lowest BCUT2D eigenvalue weighted by atomic mass is 10.0. The highest BCUT2D eigenvalue weighted by Crippen LogP contribution is 2.27. The van der Waals surface area contributed by atoms with Crippen LogP contribution in [0.2, 0.25) is 0 Å². The molecule has 0 saturated heterocycles. The Labute approximate surface area is 79.0 Å². The van der Waals surface area contributed by atoms with Gasteiger partial charge in [-0.2, -0.15) is 0 Å². The van der Waals surface area contributed by atoms with Gasteiger partial charge in [0.15, 0.2) is 0 Å². The Kier molecular flexibility index (Phi) is 2.35. The van der Waals surface area contributed by atoms with Crippen molar-refractivity contribution in [3.63, 3.8) is 0 Å². The van der Waals surface area contributed by atoms with Gasteiger partial charge in [0.25, 0.3) is 0 Å². The van der Waals surface area contributed by atoms with Crippen LogP contribution in [0.25, 0.3) is 0 Å². The van der Waals surface area contributed by atoms with Crippen molar-refractivity contribution < 1.29 is 4.74 Å². The molecule has 0 unspecified atom stereocenters. The molecule has 1 nitrogen and oxygen atoms in total. The zero-order chi connectivity index (χ0) is 9.10. The standard InChI is InChI=1S/C12H14O/c1-2-5-11-9-8-10-6-3-4-7-12(10)13-11/h2-4,6-7,11H,1,5,8-9H2/t11-/m1/s1. The molecule has 2 rings (SSSR count). The molecule has 0 spiro atoms. The summed E-state index contributed by atoms with van der Waals surface area (Å²) in [6.07, 6.45) is 5.47. The van der Waals surface area contributed by atoms with Crippen molar-refractivity contribution in [1.29, 1.82) is 0 Å². The topological polar surface area (TPSA) is 9.23 Å². The van der Waals surface area contributed by atoms with Gasteiger partial charge in [0.2, 0.25) is 0 Å². The molecule has 1 aliphatic heterocycles. The Balaban J connectivity index is 2.15. The maximum absolute atomic E-state index is 5.80. The number of rotatable bonds is 2. The Morgan fingerprint density at radius 2 is 2.31 bits per heavy atom. The molecule has 0 radical (unpaired) electrons. The molecule has 0 amide bonds. The van der Waals surface area contributed by atoms with Gasteiger partial charge in [-0.25, -0.2) is 0 Å². The molecule has 0 bridgehead atoms. The molecule has 1 heteroatoms. The van der Waals surface area contributed by atoms with E-state index in [1.165, 1.54) is 5.56 Å². The third-order valence-electron chi connectivity index (χ3n) is 2.43. The smallest absolute Gasteiger partial charge is 0.122 e. The van der Waals surface area contributed by atoms with E-state index in [4.69, 9.17) is 4.74 Å². The minimum absolute atomic E-state index is 0.340. The summed E-state index contributed by atoms with van der Waals surface area (Å²) < 4.78 is 5.80. The Hall–Kier alpha value is -1.24. The third kappa shape index (κ3) is 1.74. The van der Waals surface area contributed by atoms with Gasteiger partial charge < -0.3 is 4.74 Å². The van der Waals surface area contributed by atoms with Crippen molar-refractivity contribution >= 4 is 0 Å². The predicted octanol–water partition coefficient (Wildman–Crippen LogP) is 2.96. The van der Waals surface area contributed by atoms with Gasteiger partial charge in [-0.15, -0.1) is 6.58 Å². The van der Waals surface area contributed by atoms with Crippen molar-refractivity contribution in [2.45, 2.75) is 25.4 Å². The largest absolute Gasteiger partial charge is 0.490 e. The number of fused-ring (bicyclic) bond motifs is 1. The minimum atomic E-state index is 0.340. The lowest BCUT2D eigenvalue weighted by molar-refractivity contribution is 0.176. The molecule has 0 fully saturated rings. The van der Waals surface area contributed by atoms with Crippen LogP contribution in [0, 0.1) is 0 Å². The highest BCUT2D eigenvalue weighted by atomic mass is 16.5. The third-order valence-corrected chi connectivity index (χ3v) is 2.43. The lowest BCUT2D eigenvalue weighted by Crippen LogP contribution is -2.21. The lowest BCUT2D eigenvalue weighted by Gasteiger charge is -2.24. The van der Waals surface area contributed by atoms with E-state index in [1.807, 2.05) is 18.2 Å². The highest BCUT2D eigenvalue weighted by molar-refractivity contribution is 5.35. The van der Waals surface area contributed by atoms with Gasteiger partial charge in [-0.3, -0.25) is 0 Å². The van der Waals surface area contributed by atoms with Crippen LogP contribution >= 0.6 is 0 Å². The summed E-state index contributed by atoms with van der Waals surface area (Å²) in [4.78, 5) is 0. The van der Waals surface area contributed by atoms with E-state index in [-0.39, 0.29) is 0 Å². The van der Waals surface area contributed by atoms with Crippen molar-refractivity contribution in [2.24, 2.45) is 0 Å². The van der Waals surface area contributed by atoms with E-state index < -0.39 is 0 Å². The summed E-state index contributed by atoms with van der Waals surface area (Å²) >= 11 is 0. The highest BCUT2D eigenvalue weighted by Gasteiger charge is 2.17. The Morgan fingerprint density at radius 3 is 3.15 bits per heavy atom. The second kappa shape index (κ2) is 3.65. The molecule has 0 saturated carbocycles. The molecule has 1 aromatic rings. The fourth-order valence-electron chi connectivity index (χ4n) is 1.73. The molecule has 1 atom stereocenters. The van der Waals surface area contributed by atoms with Gasteiger partial charge in [-0.1, -0.05) is 24.3 Å². The Morgan fingerprint density at radius 1 is 1.46 bits per heavy atom. The van der Waals surface area contributed by atoms with Crippen molar-refractivity contribution in [1.82, 2.24) is 0 Å². The van der Waals surface area contributed by atoms with Crippen LogP contribution in [0.4, 0.5) is 0 Å². The summed E-state index contributed by atoms with van der Waals surface area (Å²) in [5.74, 6) is 1.06. The summed E-state index contributed by atoms with van der Waals surface area (Å²) in [6, 6.07) is 8.27. The second-order valence-corrected chi connectivity index (χ2v) is 3.41. The monoisotopic (exact) mass is 174 g/mol. The summed E-state index contributed by atoms with van der Waals surface area (Å²) in [5.41, 5.74) is 1.34. The normalized spacial score (nSPS) is 20.2. The number of para-hydroxylation sites is 1. The molecular formula is C12H14O. The number of benzene rings is 1. The first-order valence-corrected chi connectivity index (χ1v) is 4.75. The molecule has 68 valence electrons. The van der Waals surface area contributed by atoms with Crippen LogP contribution in [0.1, 0.15) is 18.4 Å². The molecule has 13 heavy (non-hydrogen) atoms. The fraction of sp³-hybridized carbons (Fsp3) is 0.333. The van der Waals surface area contributed by atoms with E-state index in [2.05, 4.69) is 18.7 Å². The van der Waals surface area contributed by atoms with Crippen LogP contribution in [-0.4, -0.2) is 6.10 Å². The quantitative estimate of drug-likeness (QED) is 0.626. The van der Waals surface area contributed by atoms with Crippen molar-refractivity contribution in [2.75, 3.05) is 0 Å². The molecule has 0 aliphatic carbocycles. The SMILES string of the molecule is C=CC[C@@H]1CCc2ccccc2O1. The van der Waals surface area contributed by atoms with Crippen molar-refractivity contribution in [3.05, 3.63) is 42.5 Å². The van der Waals surface area contributed by atoms with E-state index >= 15 is 0 Å². The van der Waals surface area contributed by atoms with Crippen LogP contribution in [0.3, 0.4) is 0 Å². The molecule has 1 aromatic carbocycles. The predicted molar refractivity (Wildman–Crippen MR) is 54.0 cm³/mol. The first kappa shape index (κ1) is 8.36. The van der Waals surface area contributed by atoms with Crippen molar-refractivity contribution in [3.8, 4) is 5.75 Å². The number of aryl methyl sites for hydroxylation is 1. The van der Waals surface area contributed by atoms with E-state index in [9.17, 15) is 0 Å². The fourth-order valence-corrected chi connectivity index (χ4v) is 1.73. The van der Waals surface area contributed by atoms with Crippen LogP contribution in [0.5, 0.6) is 5.75 Å². The average molecular weight is 174 g/mol. The van der Waals surface area contributed by atoms with Gasteiger partial charge in [0.1, 0.15) is 11.9 Å². The van der Waals surface area contributed by atoms with Crippen LogP contribution in [-0.2, 0) is 6.42 Å². The molecule has 0 N–H and O–H groups in total. The number of ether oxygens (including phenoxy) is 1. The molecule has 1 aliphatic rings. The maximum atomic E-state index is 5.80. The van der Waals surface area contributed by atoms with Crippen LogP contribution in [0.15, 0.2) is 36.9 Å². The first-order valence-electron chi connectivity index (χ1n) is 4.75. The first-order chi connectivity index (χ1) is 6.40. The molecule has 1 heterocycles. The summed E-state index contributed by atoms with van der Waals surface area (Å²) in [6.45, 7) is 3.73. The zero-order valence-corrected chi connectivity index (χ0v) is 7.70. The molecule has 0 aromatic heterocycles. The Bertz CT molecular complexity index is 304. The van der Waals surface area contributed by atoms with Gasteiger partial charge in [0.05, 0.1) is 0 Å². The van der Waals surface area contributed by atoms with Crippen LogP contribution < -0.4 is 4.74 Å². The average Bonchev–Trinajstić information content (AvgIpc) is 2.18. The summed E-state index contributed by atoms with van der Waals surface area (Å²) in [5, 5.41) is 0. The number of hydrogen-bond donors (Lipinski definition) is 0.